The Morgan fingerprint density at radius 3 is 2.44 bits per heavy atom. The van der Waals surface area contributed by atoms with Gasteiger partial charge in [-0.05, 0) is 6.92 Å². The van der Waals surface area contributed by atoms with Crippen molar-refractivity contribution in [2.75, 3.05) is 18.0 Å². The number of hydrogen-bond donors (Lipinski definition) is 0. The molecule has 1 rings (SSSR count). The van der Waals surface area contributed by atoms with Gasteiger partial charge in [-0.2, -0.15) is 10.4 Å². The Hall–Kier alpha value is -2.02. The van der Waals surface area contributed by atoms with Crippen LogP contribution in [0, 0.1) is 18.3 Å². The van der Waals surface area contributed by atoms with Crippen LogP contribution >= 0.6 is 0 Å². The van der Waals surface area contributed by atoms with E-state index in [1.165, 1.54) is 0 Å². The van der Waals surface area contributed by atoms with E-state index in [0.29, 0.717) is 18.7 Å². The first-order valence-corrected chi connectivity index (χ1v) is 5.06. The van der Waals surface area contributed by atoms with Crippen molar-refractivity contribution >= 4 is 5.82 Å². The van der Waals surface area contributed by atoms with Crippen LogP contribution in [0.4, 0.5) is 5.82 Å². The molecule has 0 bridgehead atoms. The van der Waals surface area contributed by atoms with Gasteiger partial charge in [0.25, 0.3) is 0 Å². The lowest BCUT2D eigenvalue weighted by atomic mass is 10.2. The number of nitriles is 1. The van der Waals surface area contributed by atoms with Gasteiger partial charge < -0.3 is 4.90 Å². The van der Waals surface area contributed by atoms with Gasteiger partial charge in [0.15, 0.2) is 0 Å². The molecular weight excluding hydrogens is 200 g/mol. The second-order valence-electron chi connectivity index (χ2n) is 3.50. The Morgan fingerprint density at radius 2 is 2.00 bits per heavy atom. The largest absolute Gasteiger partial charge is 0.348 e. The smallest absolute Gasteiger partial charge is 0.145 e. The Bertz CT molecular complexity index is 427. The third-order valence-corrected chi connectivity index (χ3v) is 2.30. The number of aromatic nitrogens is 2. The molecule has 4 nitrogen and oxygen atoms in total. The van der Waals surface area contributed by atoms with Crippen molar-refractivity contribution in [3.8, 4) is 6.07 Å². The molecule has 1 heterocycles. The highest BCUT2D eigenvalue weighted by Crippen LogP contribution is 2.21. The minimum absolute atomic E-state index is 0.617. The van der Waals surface area contributed by atoms with Crippen molar-refractivity contribution in [2.45, 2.75) is 6.92 Å². The number of rotatable bonds is 5. The van der Waals surface area contributed by atoms with Crippen LogP contribution < -0.4 is 4.90 Å². The number of nitrogens with zero attached hydrogens (tertiary/aromatic N) is 4. The predicted molar refractivity (Wildman–Crippen MR) is 65.3 cm³/mol. The molecule has 0 unspecified atom stereocenters. The molecule has 1 aromatic heterocycles. The summed E-state index contributed by atoms with van der Waals surface area (Å²) in [6.45, 7) is 10.6. The SMILES string of the molecule is C=CCN(CC=C)c1c(C#N)c(C)nn1C. The summed E-state index contributed by atoms with van der Waals surface area (Å²) in [6.07, 6.45) is 3.60. The van der Waals surface area contributed by atoms with Gasteiger partial charge in [0.2, 0.25) is 0 Å². The second-order valence-corrected chi connectivity index (χ2v) is 3.50. The van der Waals surface area contributed by atoms with Crippen LogP contribution in [0.3, 0.4) is 0 Å². The molecule has 0 fully saturated rings. The summed E-state index contributed by atoms with van der Waals surface area (Å²) in [5, 5.41) is 13.4. The summed E-state index contributed by atoms with van der Waals surface area (Å²) >= 11 is 0. The number of anilines is 1. The van der Waals surface area contributed by atoms with E-state index >= 15 is 0 Å². The highest BCUT2D eigenvalue weighted by atomic mass is 15.4. The lowest BCUT2D eigenvalue weighted by molar-refractivity contribution is 0.730. The van der Waals surface area contributed by atoms with E-state index in [9.17, 15) is 0 Å². The van der Waals surface area contributed by atoms with Gasteiger partial charge in [-0.3, -0.25) is 4.68 Å². The highest BCUT2D eigenvalue weighted by molar-refractivity contribution is 5.57. The zero-order valence-corrected chi connectivity index (χ0v) is 9.77. The average Bonchev–Trinajstić information content (AvgIpc) is 2.52. The van der Waals surface area contributed by atoms with Gasteiger partial charge in [0.1, 0.15) is 17.5 Å². The fourth-order valence-corrected chi connectivity index (χ4v) is 1.70. The predicted octanol–water partition coefficient (Wildman–Crippen LogP) is 1.78. The molecule has 0 aliphatic carbocycles. The maximum atomic E-state index is 9.12. The molecular formula is C12H16N4. The van der Waals surface area contributed by atoms with Crippen LogP contribution in [-0.2, 0) is 7.05 Å². The molecule has 0 saturated heterocycles. The molecule has 1 aromatic rings. The summed E-state index contributed by atoms with van der Waals surface area (Å²) in [4.78, 5) is 2.01. The average molecular weight is 216 g/mol. The molecule has 0 spiro atoms. The topological polar surface area (TPSA) is 44.9 Å². The molecule has 0 radical (unpaired) electrons. The van der Waals surface area contributed by atoms with Gasteiger partial charge in [0, 0.05) is 20.1 Å². The molecule has 4 heteroatoms. The normalized spacial score (nSPS) is 9.56. The van der Waals surface area contributed by atoms with Crippen LogP contribution in [0.25, 0.3) is 0 Å². The van der Waals surface area contributed by atoms with E-state index < -0.39 is 0 Å². The number of hydrogen-bond acceptors (Lipinski definition) is 3. The zero-order valence-electron chi connectivity index (χ0n) is 9.77. The van der Waals surface area contributed by atoms with E-state index in [4.69, 9.17) is 5.26 Å². The monoisotopic (exact) mass is 216 g/mol. The quantitative estimate of drug-likeness (QED) is 0.705. The Kier molecular flexibility index (Phi) is 3.90. The Labute approximate surface area is 96.1 Å². The lowest BCUT2D eigenvalue weighted by Gasteiger charge is -2.21. The van der Waals surface area contributed by atoms with E-state index in [-0.39, 0.29) is 0 Å². The molecule has 0 N–H and O–H groups in total. The van der Waals surface area contributed by atoms with Crippen LogP contribution in [0.15, 0.2) is 25.3 Å². The molecule has 84 valence electrons. The summed E-state index contributed by atoms with van der Waals surface area (Å²) in [5.74, 6) is 0.819. The van der Waals surface area contributed by atoms with Crippen molar-refractivity contribution in [3.63, 3.8) is 0 Å². The summed E-state index contributed by atoms with van der Waals surface area (Å²) in [6, 6.07) is 2.19. The van der Waals surface area contributed by atoms with Crippen LogP contribution in [0.1, 0.15) is 11.3 Å². The zero-order chi connectivity index (χ0) is 12.1. The lowest BCUT2D eigenvalue weighted by Crippen LogP contribution is -2.26. The summed E-state index contributed by atoms with van der Waals surface area (Å²) in [5.41, 5.74) is 1.37. The molecule has 16 heavy (non-hydrogen) atoms. The third-order valence-electron chi connectivity index (χ3n) is 2.30. The van der Waals surface area contributed by atoms with Crippen LogP contribution in [0.2, 0.25) is 0 Å². The third kappa shape index (κ3) is 2.14. The minimum atomic E-state index is 0.617. The van der Waals surface area contributed by atoms with Gasteiger partial charge in [-0.25, -0.2) is 0 Å². The molecule has 0 amide bonds. The molecule has 0 aliphatic heterocycles. The van der Waals surface area contributed by atoms with Gasteiger partial charge >= 0.3 is 0 Å². The number of aryl methyl sites for hydroxylation is 2. The van der Waals surface area contributed by atoms with Crippen LogP contribution in [0.5, 0.6) is 0 Å². The molecule has 0 saturated carbocycles. The fourth-order valence-electron chi connectivity index (χ4n) is 1.70. The minimum Gasteiger partial charge on any atom is -0.348 e. The van der Waals surface area contributed by atoms with Gasteiger partial charge in [-0.15, -0.1) is 13.2 Å². The first kappa shape index (κ1) is 12.1. The molecule has 0 aromatic carbocycles. The molecule has 0 atom stereocenters. The summed E-state index contributed by atoms with van der Waals surface area (Å²) < 4.78 is 1.72. The second kappa shape index (κ2) is 5.17. The van der Waals surface area contributed by atoms with E-state index in [1.54, 1.807) is 16.8 Å². The van der Waals surface area contributed by atoms with Crippen LogP contribution in [-0.4, -0.2) is 22.9 Å². The van der Waals surface area contributed by atoms with Crippen molar-refractivity contribution in [2.24, 2.45) is 7.05 Å². The standard InChI is InChI=1S/C12H16N4/c1-5-7-16(8-6-2)12-11(9-13)10(3)14-15(12)4/h5-6H,1-2,7-8H2,3-4H3. The first-order chi connectivity index (χ1) is 7.65. The summed E-state index contributed by atoms with van der Waals surface area (Å²) in [7, 11) is 1.84. The highest BCUT2D eigenvalue weighted by Gasteiger charge is 2.17. The van der Waals surface area contributed by atoms with Crippen molar-refractivity contribution in [1.82, 2.24) is 9.78 Å². The van der Waals surface area contributed by atoms with Crippen molar-refractivity contribution < 1.29 is 0 Å². The van der Waals surface area contributed by atoms with Gasteiger partial charge in [-0.1, -0.05) is 12.2 Å². The van der Waals surface area contributed by atoms with Crippen molar-refractivity contribution in [1.29, 1.82) is 5.26 Å². The maximum absolute atomic E-state index is 9.12. The fraction of sp³-hybridized carbons (Fsp3) is 0.333. The molecule has 0 aliphatic rings. The Morgan fingerprint density at radius 1 is 1.44 bits per heavy atom. The first-order valence-electron chi connectivity index (χ1n) is 5.06. The Balaban J connectivity index is 3.22. The van der Waals surface area contributed by atoms with Crippen molar-refractivity contribution in [3.05, 3.63) is 36.6 Å². The maximum Gasteiger partial charge on any atom is 0.145 e. The van der Waals surface area contributed by atoms with E-state index in [1.807, 2.05) is 18.9 Å². The van der Waals surface area contributed by atoms with E-state index in [0.717, 1.165) is 11.5 Å². The van der Waals surface area contributed by atoms with E-state index in [2.05, 4.69) is 24.3 Å². The van der Waals surface area contributed by atoms with Gasteiger partial charge in [0.05, 0.1) is 5.69 Å².